The largest absolute Gasteiger partial charge is 0.497 e. The van der Waals surface area contributed by atoms with Gasteiger partial charge in [-0.15, -0.1) is 0 Å². The van der Waals surface area contributed by atoms with Crippen molar-refractivity contribution in [3.63, 3.8) is 0 Å². The van der Waals surface area contributed by atoms with E-state index in [1.54, 1.807) is 39.3 Å². The molecule has 2 heterocycles. The molecule has 3 rings (SSSR count). The van der Waals surface area contributed by atoms with Gasteiger partial charge in [0, 0.05) is 30.8 Å². The zero-order chi connectivity index (χ0) is 20.8. The summed E-state index contributed by atoms with van der Waals surface area (Å²) in [5.74, 6) is 1.49. The number of carbonyl (C=O) groups excluding carboxylic acids is 1. The molecule has 158 valence electrons. The van der Waals surface area contributed by atoms with E-state index in [4.69, 9.17) is 14.0 Å². The average Bonchev–Trinajstić information content (AvgIpc) is 3.13. The molecule has 1 atom stereocenters. The van der Waals surface area contributed by atoms with Gasteiger partial charge in [0.2, 0.25) is 0 Å². The molecule has 1 fully saturated rings. The Bertz CT molecular complexity index is 811. The number of rotatable bonds is 8. The fourth-order valence-corrected chi connectivity index (χ4v) is 3.83. The first-order chi connectivity index (χ1) is 14.0. The lowest BCUT2D eigenvalue weighted by molar-refractivity contribution is 0.0948. The van der Waals surface area contributed by atoms with Crippen LogP contribution in [-0.4, -0.2) is 55.9 Å². The zero-order valence-corrected chi connectivity index (χ0v) is 17.8. The summed E-state index contributed by atoms with van der Waals surface area (Å²) in [5, 5.41) is 7.03. The van der Waals surface area contributed by atoms with Gasteiger partial charge < -0.3 is 24.2 Å². The third kappa shape index (κ3) is 5.09. The first-order valence-corrected chi connectivity index (χ1v) is 10.3. The van der Waals surface area contributed by atoms with Crippen molar-refractivity contribution >= 4 is 5.91 Å². The molecule has 0 saturated carbocycles. The monoisotopic (exact) mass is 401 g/mol. The fourth-order valence-electron chi connectivity index (χ4n) is 3.83. The van der Waals surface area contributed by atoms with Crippen LogP contribution in [0.2, 0.25) is 0 Å². The van der Waals surface area contributed by atoms with E-state index in [1.165, 1.54) is 19.3 Å². The molecule has 0 unspecified atom stereocenters. The smallest absolute Gasteiger partial charge is 0.257 e. The number of hydrogen-bond acceptors (Lipinski definition) is 6. The molecule has 0 aliphatic carbocycles. The number of carbonyl (C=O) groups is 1. The van der Waals surface area contributed by atoms with E-state index in [9.17, 15) is 4.79 Å². The lowest BCUT2D eigenvalue weighted by Crippen LogP contribution is -2.39. The van der Waals surface area contributed by atoms with Crippen LogP contribution in [0.3, 0.4) is 0 Å². The Hall–Kier alpha value is -2.54. The van der Waals surface area contributed by atoms with E-state index in [0.717, 1.165) is 19.5 Å². The second kappa shape index (κ2) is 9.78. The van der Waals surface area contributed by atoms with Gasteiger partial charge in [0.05, 0.1) is 19.9 Å². The molecular weight excluding hydrogens is 370 g/mol. The van der Waals surface area contributed by atoms with Crippen LogP contribution in [0.4, 0.5) is 0 Å². The lowest BCUT2D eigenvalue weighted by Gasteiger charge is -2.33. The Kier molecular flexibility index (Phi) is 7.14. The molecule has 1 saturated heterocycles. The van der Waals surface area contributed by atoms with Crippen LogP contribution in [0.5, 0.6) is 11.5 Å². The maximum atomic E-state index is 12.9. The second-order valence-electron chi connectivity index (χ2n) is 7.56. The van der Waals surface area contributed by atoms with Crippen LogP contribution in [-0.2, 0) is 0 Å². The van der Waals surface area contributed by atoms with Gasteiger partial charge >= 0.3 is 0 Å². The molecule has 1 aromatic carbocycles. The number of piperidine rings is 1. The minimum atomic E-state index is -0.174. The number of nitrogens with zero attached hydrogens (tertiary/aromatic N) is 2. The standard InChI is InChI=1S/C22H31N3O4/c1-15-8-5-6-10-25(15)11-7-9-23-22(26)20-16(2)24-29-21(20)17-12-18(27-3)14-19(13-17)28-4/h12-15H,5-11H2,1-4H3,(H,23,26)/t15-/m0/s1. The van der Waals surface area contributed by atoms with Crippen LogP contribution in [0.25, 0.3) is 11.3 Å². The van der Waals surface area contributed by atoms with Gasteiger partial charge in [-0.25, -0.2) is 0 Å². The highest BCUT2D eigenvalue weighted by Crippen LogP contribution is 2.33. The fraction of sp³-hybridized carbons (Fsp3) is 0.545. The first kappa shape index (κ1) is 21.2. The number of aryl methyl sites for hydroxylation is 1. The van der Waals surface area contributed by atoms with Gasteiger partial charge in [-0.1, -0.05) is 11.6 Å². The number of nitrogens with one attached hydrogen (secondary N) is 1. The van der Waals surface area contributed by atoms with Gasteiger partial charge in [0.25, 0.3) is 5.91 Å². The third-order valence-corrected chi connectivity index (χ3v) is 5.55. The SMILES string of the molecule is COc1cc(OC)cc(-c2onc(C)c2C(=O)NCCCN2CCCC[C@@H]2C)c1. The van der Waals surface area contributed by atoms with Crippen molar-refractivity contribution in [2.75, 3.05) is 33.9 Å². The van der Waals surface area contributed by atoms with E-state index in [1.807, 2.05) is 0 Å². The zero-order valence-electron chi connectivity index (χ0n) is 17.8. The van der Waals surface area contributed by atoms with Gasteiger partial charge in [0.15, 0.2) is 5.76 Å². The Morgan fingerprint density at radius 3 is 2.62 bits per heavy atom. The number of methoxy groups -OCH3 is 2. The van der Waals surface area contributed by atoms with Crippen molar-refractivity contribution in [1.82, 2.24) is 15.4 Å². The number of ether oxygens (including phenoxy) is 2. The van der Waals surface area contributed by atoms with E-state index in [0.29, 0.717) is 46.7 Å². The van der Waals surface area contributed by atoms with Crippen LogP contribution in [0.15, 0.2) is 22.7 Å². The number of aromatic nitrogens is 1. The van der Waals surface area contributed by atoms with Crippen molar-refractivity contribution in [3.8, 4) is 22.8 Å². The number of likely N-dealkylation sites (tertiary alicyclic amines) is 1. The summed E-state index contributed by atoms with van der Waals surface area (Å²) in [6, 6.07) is 6.01. The lowest BCUT2D eigenvalue weighted by atomic mass is 10.0. The molecule has 0 spiro atoms. The Morgan fingerprint density at radius 1 is 1.24 bits per heavy atom. The number of benzene rings is 1. The van der Waals surface area contributed by atoms with Gasteiger partial charge in [-0.3, -0.25) is 4.79 Å². The van der Waals surface area contributed by atoms with Crippen LogP contribution in [0.1, 0.15) is 48.7 Å². The predicted octanol–water partition coefficient (Wildman–Crippen LogP) is 3.66. The predicted molar refractivity (Wildman–Crippen MR) is 112 cm³/mol. The second-order valence-corrected chi connectivity index (χ2v) is 7.56. The highest BCUT2D eigenvalue weighted by Gasteiger charge is 2.23. The molecule has 1 N–H and O–H groups in total. The molecule has 7 heteroatoms. The average molecular weight is 402 g/mol. The Balaban J connectivity index is 1.67. The third-order valence-electron chi connectivity index (χ3n) is 5.55. The molecule has 29 heavy (non-hydrogen) atoms. The topological polar surface area (TPSA) is 76.8 Å². The molecule has 0 radical (unpaired) electrons. The molecule has 0 bridgehead atoms. The van der Waals surface area contributed by atoms with Gasteiger partial charge in [-0.2, -0.15) is 0 Å². The Morgan fingerprint density at radius 2 is 1.97 bits per heavy atom. The molecule has 1 aliphatic rings. The minimum Gasteiger partial charge on any atom is -0.497 e. The summed E-state index contributed by atoms with van der Waals surface area (Å²) in [5.41, 5.74) is 1.70. The molecule has 2 aromatic rings. The van der Waals surface area contributed by atoms with E-state index >= 15 is 0 Å². The summed E-state index contributed by atoms with van der Waals surface area (Å²) in [6.07, 6.45) is 4.77. The van der Waals surface area contributed by atoms with Crippen molar-refractivity contribution in [2.24, 2.45) is 0 Å². The highest BCUT2D eigenvalue weighted by molar-refractivity contribution is 6.00. The summed E-state index contributed by atoms with van der Waals surface area (Å²) >= 11 is 0. The maximum Gasteiger partial charge on any atom is 0.257 e. The summed E-state index contributed by atoms with van der Waals surface area (Å²) in [6.45, 7) is 6.83. The quantitative estimate of drug-likeness (QED) is 0.680. The molecule has 1 aromatic heterocycles. The van der Waals surface area contributed by atoms with Gasteiger partial charge in [0.1, 0.15) is 17.1 Å². The van der Waals surface area contributed by atoms with Crippen LogP contribution >= 0.6 is 0 Å². The molecule has 7 nitrogen and oxygen atoms in total. The van der Waals surface area contributed by atoms with Crippen molar-refractivity contribution < 1.29 is 18.8 Å². The minimum absolute atomic E-state index is 0.174. The van der Waals surface area contributed by atoms with Crippen LogP contribution in [0, 0.1) is 6.92 Å². The van der Waals surface area contributed by atoms with E-state index < -0.39 is 0 Å². The maximum absolute atomic E-state index is 12.9. The van der Waals surface area contributed by atoms with E-state index in [2.05, 4.69) is 22.3 Å². The van der Waals surface area contributed by atoms with Crippen LogP contribution < -0.4 is 14.8 Å². The first-order valence-electron chi connectivity index (χ1n) is 10.3. The normalized spacial score (nSPS) is 17.2. The summed E-state index contributed by atoms with van der Waals surface area (Å²) in [4.78, 5) is 15.4. The summed E-state index contributed by atoms with van der Waals surface area (Å²) in [7, 11) is 3.17. The van der Waals surface area contributed by atoms with Crippen molar-refractivity contribution in [2.45, 2.75) is 45.6 Å². The Labute approximate surface area is 172 Å². The molecule has 1 amide bonds. The number of hydrogen-bond donors (Lipinski definition) is 1. The molecular formula is C22H31N3O4. The van der Waals surface area contributed by atoms with Crippen molar-refractivity contribution in [3.05, 3.63) is 29.5 Å². The highest BCUT2D eigenvalue weighted by atomic mass is 16.5. The summed E-state index contributed by atoms with van der Waals surface area (Å²) < 4.78 is 16.1. The van der Waals surface area contributed by atoms with Crippen molar-refractivity contribution in [1.29, 1.82) is 0 Å². The number of amides is 1. The molecule has 1 aliphatic heterocycles. The van der Waals surface area contributed by atoms with E-state index in [-0.39, 0.29) is 5.91 Å². The van der Waals surface area contributed by atoms with Gasteiger partial charge in [-0.05, 0) is 51.8 Å².